The molecular formula is C14H21N5OS2. The van der Waals surface area contributed by atoms with Crippen molar-refractivity contribution in [1.82, 2.24) is 24.2 Å². The minimum absolute atomic E-state index is 0.0603. The van der Waals surface area contributed by atoms with Crippen molar-refractivity contribution < 1.29 is 5.11 Å². The van der Waals surface area contributed by atoms with Crippen molar-refractivity contribution in [3.8, 4) is 0 Å². The van der Waals surface area contributed by atoms with E-state index >= 15 is 0 Å². The van der Waals surface area contributed by atoms with Crippen molar-refractivity contribution >= 4 is 23.6 Å². The van der Waals surface area contributed by atoms with Crippen LogP contribution in [-0.2, 0) is 19.7 Å². The average molecular weight is 339 g/mol. The molecule has 0 amide bonds. The molecule has 120 valence electrons. The quantitative estimate of drug-likeness (QED) is 0.783. The molecule has 0 unspecified atom stereocenters. The summed E-state index contributed by atoms with van der Waals surface area (Å²) < 4.78 is 4.53. The number of aliphatic hydroxyl groups excluding tert-OH is 1. The fourth-order valence-corrected chi connectivity index (χ4v) is 3.60. The molecule has 6 nitrogen and oxygen atoms in total. The normalized spacial score (nSPS) is 14.9. The van der Waals surface area contributed by atoms with Crippen LogP contribution in [0.1, 0.15) is 34.6 Å². The van der Waals surface area contributed by atoms with Crippen LogP contribution in [0.15, 0.2) is 6.20 Å². The Balaban J connectivity index is 1.63. The third-order valence-corrected chi connectivity index (χ3v) is 5.13. The topological polar surface area (TPSA) is 59.1 Å². The van der Waals surface area contributed by atoms with Crippen molar-refractivity contribution in [2.45, 2.75) is 45.5 Å². The van der Waals surface area contributed by atoms with E-state index < -0.39 is 0 Å². The van der Waals surface area contributed by atoms with Crippen LogP contribution in [0.3, 0.4) is 0 Å². The van der Waals surface area contributed by atoms with Crippen LogP contribution in [0.5, 0.6) is 0 Å². The van der Waals surface area contributed by atoms with E-state index in [-0.39, 0.29) is 6.61 Å². The van der Waals surface area contributed by atoms with Crippen molar-refractivity contribution in [2.75, 3.05) is 13.6 Å². The van der Waals surface area contributed by atoms with Crippen LogP contribution < -0.4 is 0 Å². The zero-order valence-corrected chi connectivity index (χ0v) is 14.5. The van der Waals surface area contributed by atoms with E-state index in [2.05, 4.69) is 29.0 Å². The molecule has 1 N–H and O–H groups in total. The van der Waals surface area contributed by atoms with E-state index in [0.29, 0.717) is 23.3 Å². The summed E-state index contributed by atoms with van der Waals surface area (Å²) in [4.78, 5) is 7.81. The highest BCUT2D eigenvalue weighted by molar-refractivity contribution is 7.71. The van der Waals surface area contributed by atoms with Gasteiger partial charge in [0.2, 0.25) is 0 Å². The highest BCUT2D eigenvalue weighted by Gasteiger charge is 2.28. The first kappa shape index (κ1) is 15.8. The minimum atomic E-state index is -0.0603. The average Bonchev–Trinajstić information content (AvgIpc) is 3.17. The zero-order valence-electron chi connectivity index (χ0n) is 12.9. The first-order chi connectivity index (χ1) is 10.6. The standard InChI is InChI=1S/C14H21N5OS2/c1-10-7-15-13(22-10)5-6-17(2)9-18-14(21)19(11-3-4-11)12(8-20)16-18/h7,11,20H,3-6,8-9H2,1-2H3. The monoisotopic (exact) mass is 339 g/mol. The summed E-state index contributed by atoms with van der Waals surface area (Å²) in [5, 5.41) is 15.1. The van der Waals surface area contributed by atoms with Crippen molar-refractivity contribution in [2.24, 2.45) is 0 Å². The maximum Gasteiger partial charge on any atom is 0.199 e. The molecule has 0 spiro atoms. The molecule has 2 aromatic heterocycles. The molecule has 1 fully saturated rings. The first-order valence-corrected chi connectivity index (χ1v) is 8.70. The Morgan fingerprint density at radius 1 is 1.50 bits per heavy atom. The minimum Gasteiger partial charge on any atom is -0.388 e. The van der Waals surface area contributed by atoms with Gasteiger partial charge in [-0.1, -0.05) is 0 Å². The predicted octanol–water partition coefficient (Wildman–Crippen LogP) is 2.14. The van der Waals surface area contributed by atoms with Gasteiger partial charge in [0.25, 0.3) is 0 Å². The molecule has 1 aliphatic carbocycles. The lowest BCUT2D eigenvalue weighted by atomic mass is 10.4. The second-order valence-electron chi connectivity index (χ2n) is 5.79. The first-order valence-electron chi connectivity index (χ1n) is 7.47. The molecule has 0 atom stereocenters. The Hall–Kier alpha value is -1.09. The smallest absolute Gasteiger partial charge is 0.199 e. The molecule has 1 saturated carbocycles. The Morgan fingerprint density at radius 3 is 2.86 bits per heavy atom. The Kier molecular flexibility index (Phi) is 4.72. The summed E-state index contributed by atoms with van der Waals surface area (Å²) >= 11 is 7.25. The summed E-state index contributed by atoms with van der Waals surface area (Å²) in [7, 11) is 2.05. The van der Waals surface area contributed by atoms with E-state index in [1.165, 1.54) is 4.88 Å². The Morgan fingerprint density at radius 2 is 2.27 bits per heavy atom. The van der Waals surface area contributed by atoms with Gasteiger partial charge in [-0.25, -0.2) is 9.67 Å². The maximum atomic E-state index is 9.46. The van der Waals surface area contributed by atoms with Crippen LogP contribution in [-0.4, -0.2) is 42.9 Å². The SMILES string of the molecule is Cc1cnc(CCN(C)Cn2nc(CO)n(C3CC3)c2=S)s1. The van der Waals surface area contributed by atoms with E-state index in [0.717, 1.165) is 30.8 Å². The van der Waals surface area contributed by atoms with Crippen LogP contribution in [0.2, 0.25) is 0 Å². The van der Waals surface area contributed by atoms with Crippen molar-refractivity contribution in [1.29, 1.82) is 0 Å². The molecule has 2 heterocycles. The number of thiazole rings is 1. The Labute approximate surface area is 139 Å². The number of nitrogens with zero attached hydrogens (tertiary/aromatic N) is 5. The molecule has 22 heavy (non-hydrogen) atoms. The number of hydrogen-bond donors (Lipinski definition) is 1. The van der Waals surface area contributed by atoms with Gasteiger partial charge >= 0.3 is 0 Å². The maximum absolute atomic E-state index is 9.46. The number of likely N-dealkylation sites (N-methyl/N-ethyl adjacent to an activating group) is 1. The molecule has 3 rings (SSSR count). The molecule has 2 aromatic rings. The second kappa shape index (κ2) is 6.57. The van der Waals surface area contributed by atoms with Gasteiger partial charge in [0.1, 0.15) is 6.61 Å². The highest BCUT2D eigenvalue weighted by atomic mass is 32.1. The molecule has 0 aromatic carbocycles. The lowest BCUT2D eigenvalue weighted by molar-refractivity contribution is 0.246. The third-order valence-electron chi connectivity index (χ3n) is 3.75. The Bertz CT molecular complexity index is 700. The molecule has 8 heteroatoms. The van der Waals surface area contributed by atoms with Crippen LogP contribution in [0.25, 0.3) is 0 Å². The summed E-state index contributed by atoms with van der Waals surface area (Å²) in [5.41, 5.74) is 0. The molecule has 0 bridgehead atoms. The van der Waals surface area contributed by atoms with Gasteiger partial charge in [0.05, 0.1) is 11.7 Å². The number of aryl methyl sites for hydroxylation is 1. The second-order valence-corrected chi connectivity index (χ2v) is 7.48. The summed E-state index contributed by atoms with van der Waals surface area (Å²) in [6, 6.07) is 0.437. The number of aromatic nitrogens is 4. The largest absolute Gasteiger partial charge is 0.388 e. The van der Waals surface area contributed by atoms with Gasteiger partial charge < -0.3 is 5.11 Å². The molecule has 0 saturated heterocycles. The van der Waals surface area contributed by atoms with Crippen molar-refractivity contribution in [3.63, 3.8) is 0 Å². The summed E-state index contributed by atoms with van der Waals surface area (Å²) in [6.45, 7) is 3.55. The highest BCUT2D eigenvalue weighted by Crippen LogP contribution is 2.36. The lowest BCUT2D eigenvalue weighted by Crippen LogP contribution is -2.25. The van der Waals surface area contributed by atoms with E-state index in [9.17, 15) is 5.11 Å². The summed E-state index contributed by atoms with van der Waals surface area (Å²) in [5.74, 6) is 0.677. The lowest BCUT2D eigenvalue weighted by Gasteiger charge is -2.15. The van der Waals surface area contributed by atoms with Gasteiger partial charge in [-0.15, -0.1) is 11.3 Å². The molecule has 1 aliphatic rings. The van der Waals surface area contributed by atoms with Gasteiger partial charge in [-0.2, -0.15) is 5.10 Å². The van der Waals surface area contributed by atoms with Gasteiger partial charge in [-0.3, -0.25) is 9.47 Å². The van der Waals surface area contributed by atoms with Crippen LogP contribution in [0, 0.1) is 11.7 Å². The van der Waals surface area contributed by atoms with Gasteiger partial charge in [0.15, 0.2) is 10.6 Å². The van der Waals surface area contributed by atoms with Crippen LogP contribution >= 0.6 is 23.6 Å². The fourth-order valence-electron chi connectivity index (χ4n) is 2.47. The van der Waals surface area contributed by atoms with Crippen LogP contribution in [0.4, 0.5) is 0 Å². The van der Waals surface area contributed by atoms with Gasteiger partial charge in [-0.05, 0) is 39.0 Å². The number of aliphatic hydroxyl groups is 1. The number of rotatable bonds is 7. The number of hydrogen-bond acceptors (Lipinski definition) is 6. The van der Waals surface area contributed by atoms with Gasteiger partial charge in [0, 0.05) is 30.1 Å². The van der Waals surface area contributed by atoms with E-state index in [1.807, 2.05) is 15.4 Å². The summed E-state index contributed by atoms with van der Waals surface area (Å²) in [6.07, 6.45) is 5.11. The zero-order chi connectivity index (χ0) is 15.7. The molecule has 0 radical (unpaired) electrons. The van der Waals surface area contributed by atoms with E-state index in [1.54, 1.807) is 11.3 Å². The third kappa shape index (κ3) is 3.45. The fraction of sp³-hybridized carbons (Fsp3) is 0.643. The molecule has 0 aliphatic heterocycles. The van der Waals surface area contributed by atoms with E-state index in [4.69, 9.17) is 12.2 Å². The predicted molar refractivity (Wildman–Crippen MR) is 88.4 cm³/mol. The van der Waals surface area contributed by atoms with Crippen molar-refractivity contribution in [3.05, 3.63) is 26.7 Å². The molecular weight excluding hydrogens is 318 g/mol.